The summed E-state index contributed by atoms with van der Waals surface area (Å²) in [6, 6.07) is 3.07. The van der Waals surface area contributed by atoms with Crippen LogP contribution in [0.25, 0.3) is 0 Å². The molecule has 1 aromatic rings. The first-order valence-electron chi connectivity index (χ1n) is 5.26. The molecule has 2 heterocycles. The van der Waals surface area contributed by atoms with E-state index in [4.69, 9.17) is 5.73 Å². The zero-order valence-corrected chi connectivity index (χ0v) is 10.3. The normalized spacial score (nSPS) is 26.2. The number of sulfonamides is 1. The summed E-state index contributed by atoms with van der Waals surface area (Å²) < 4.78 is 25.6. The molecule has 1 fully saturated rings. The van der Waals surface area contributed by atoms with E-state index in [0.717, 1.165) is 0 Å². The molecule has 0 amide bonds. The van der Waals surface area contributed by atoms with Crippen molar-refractivity contribution in [2.24, 2.45) is 0 Å². The van der Waals surface area contributed by atoms with Crippen molar-refractivity contribution in [2.45, 2.75) is 24.0 Å². The average Bonchev–Trinajstić information content (AvgIpc) is 2.60. The van der Waals surface area contributed by atoms with Crippen molar-refractivity contribution >= 4 is 15.7 Å². The SMILES string of the molecule is CC1(O)CCN(S(=O)(=O)c2ncccc2N)C1. The molecule has 0 bridgehead atoms. The van der Waals surface area contributed by atoms with E-state index in [1.807, 2.05) is 0 Å². The van der Waals surface area contributed by atoms with E-state index in [9.17, 15) is 13.5 Å². The van der Waals surface area contributed by atoms with Crippen LogP contribution in [0.1, 0.15) is 13.3 Å². The van der Waals surface area contributed by atoms with Crippen LogP contribution in [0.15, 0.2) is 23.4 Å². The molecule has 3 N–H and O–H groups in total. The van der Waals surface area contributed by atoms with Crippen molar-refractivity contribution < 1.29 is 13.5 Å². The standard InChI is InChI=1S/C10H15N3O3S/c1-10(14)4-6-13(7-10)17(15,16)9-8(11)3-2-5-12-9/h2-3,5,14H,4,6-7,11H2,1H3. The summed E-state index contributed by atoms with van der Waals surface area (Å²) >= 11 is 0. The van der Waals surface area contributed by atoms with Gasteiger partial charge in [-0.05, 0) is 25.5 Å². The van der Waals surface area contributed by atoms with E-state index < -0.39 is 15.6 Å². The van der Waals surface area contributed by atoms with Crippen molar-refractivity contribution in [3.05, 3.63) is 18.3 Å². The van der Waals surface area contributed by atoms with Gasteiger partial charge >= 0.3 is 0 Å². The van der Waals surface area contributed by atoms with Crippen LogP contribution in [-0.2, 0) is 10.0 Å². The molecule has 0 spiro atoms. The van der Waals surface area contributed by atoms with Gasteiger partial charge in [0.05, 0.1) is 11.3 Å². The third-order valence-electron chi connectivity index (χ3n) is 2.80. The molecule has 1 saturated heterocycles. The van der Waals surface area contributed by atoms with Crippen LogP contribution in [0.3, 0.4) is 0 Å². The van der Waals surface area contributed by atoms with Crippen molar-refractivity contribution in [1.82, 2.24) is 9.29 Å². The highest BCUT2D eigenvalue weighted by Gasteiger charge is 2.39. The maximum atomic E-state index is 12.2. The first-order chi connectivity index (χ1) is 7.83. The zero-order chi connectivity index (χ0) is 12.7. The van der Waals surface area contributed by atoms with Gasteiger partial charge < -0.3 is 10.8 Å². The Hall–Kier alpha value is -1.18. The molecule has 1 aromatic heterocycles. The average molecular weight is 257 g/mol. The van der Waals surface area contributed by atoms with Crippen LogP contribution in [-0.4, -0.2) is 41.5 Å². The topological polar surface area (TPSA) is 96.5 Å². The molecule has 94 valence electrons. The van der Waals surface area contributed by atoms with Crippen molar-refractivity contribution in [2.75, 3.05) is 18.8 Å². The van der Waals surface area contributed by atoms with E-state index in [1.165, 1.54) is 16.6 Å². The predicted molar refractivity (Wildman–Crippen MR) is 62.6 cm³/mol. The Morgan fingerprint density at radius 3 is 2.82 bits per heavy atom. The third kappa shape index (κ3) is 2.26. The van der Waals surface area contributed by atoms with Crippen LogP contribution in [0.4, 0.5) is 5.69 Å². The third-order valence-corrected chi connectivity index (χ3v) is 4.62. The predicted octanol–water partition coefficient (Wildman–Crippen LogP) is -0.191. The summed E-state index contributed by atoms with van der Waals surface area (Å²) in [6.45, 7) is 1.97. The van der Waals surface area contributed by atoms with Gasteiger partial charge in [0.1, 0.15) is 0 Å². The lowest BCUT2D eigenvalue weighted by molar-refractivity contribution is 0.0762. The van der Waals surface area contributed by atoms with Gasteiger partial charge in [-0.15, -0.1) is 0 Å². The highest BCUT2D eigenvalue weighted by molar-refractivity contribution is 7.89. The molecule has 0 radical (unpaired) electrons. The highest BCUT2D eigenvalue weighted by Crippen LogP contribution is 2.27. The monoisotopic (exact) mass is 257 g/mol. The Morgan fingerprint density at radius 2 is 2.29 bits per heavy atom. The van der Waals surface area contributed by atoms with E-state index in [2.05, 4.69) is 4.98 Å². The fourth-order valence-electron chi connectivity index (χ4n) is 1.85. The van der Waals surface area contributed by atoms with E-state index in [0.29, 0.717) is 6.42 Å². The number of nitrogen functional groups attached to an aromatic ring is 1. The molecule has 0 aliphatic carbocycles. The number of hydrogen-bond acceptors (Lipinski definition) is 5. The second kappa shape index (κ2) is 3.94. The molecular weight excluding hydrogens is 242 g/mol. The lowest BCUT2D eigenvalue weighted by atomic mass is 10.1. The lowest BCUT2D eigenvalue weighted by Crippen LogP contribution is -2.34. The number of nitrogens with zero attached hydrogens (tertiary/aromatic N) is 2. The van der Waals surface area contributed by atoms with Crippen LogP contribution < -0.4 is 5.73 Å². The first kappa shape index (κ1) is 12.3. The fraction of sp³-hybridized carbons (Fsp3) is 0.500. The number of rotatable bonds is 2. The van der Waals surface area contributed by atoms with Gasteiger partial charge in [-0.3, -0.25) is 0 Å². The number of β-amino-alcohol motifs (C(OH)–C–C–N with tert-alkyl or cyclic N) is 1. The summed E-state index contributed by atoms with van der Waals surface area (Å²) in [5.74, 6) is 0. The molecule has 2 rings (SSSR count). The zero-order valence-electron chi connectivity index (χ0n) is 9.50. The fourth-order valence-corrected chi connectivity index (χ4v) is 3.43. The molecular formula is C10H15N3O3S. The molecule has 17 heavy (non-hydrogen) atoms. The summed E-state index contributed by atoms with van der Waals surface area (Å²) in [7, 11) is -3.70. The van der Waals surface area contributed by atoms with Gasteiger partial charge in [-0.1, -0.05) is 0 Å². The van der Waals surface area contributed by atoms with Gasteiger partial charge in [-0.2, -0.15) is 4.31 Å². The minimum Gasteiger partial charge on any atom is -0.396 e. The van der Waals surface area contributed by atoms with Gasteiger partial charge in [0.2, 0.25) is 0 Å². The van der Waals surface area contributed by atoms with Crippen LogP contribution >= 0.6 is 0 Å². The number of aliphatic hydroxyl groups is 1. The van der Waals surface area contributed by atoms with Crippen molar-refractivity contribution in [3.8, 4) is 0 Å². The van der Waals surface area contributed by atoms with E-state index in [1.54, 1.807) is 13.0 Å². The Labute approximate surface area is 100 Å². The lowest BCUT2D eigenvalue weighted by Gasteiger charge is -2.18. The van der Waals surface area contributed by atoms with Gasteiger partial charge in [-0.25, -0.2) is 13.4 Å². The molecule has 0 saturated carbocycles. The summed E-state index contributed by atoms with van der Waals surface area (Å²) in [5.41, 5.74) is 4.76. The number of aromatic nitrogens is 1. The van der Waals surface area contributed by atoms with E-state index in [-0.39, 0.29) is 23.8 Å². The Bertz CT molecular complexity index is 527. The highest BCUT2D eigenvalue weighted by atomic mass is 32.2. The summed E-state index contributed by atoms with van der Waals surface area (Å²) in [5, 5.41) is 9.65. The summed E-state index contributed by atoms with van der Waals surface area (Å²) in [4.78, 5) is 3.81. The number of nitrogens with two attached hydrogens (primary N) is 1. The number of pyridine rings is 1. The minimum absolute atomic E-state index is 0.0747. The second-order valence-corrected chi connectivity index (χ2v) is 6.34. The van der Waals surface area contributed by atoms with Crippen LogP contribution in [0.5, 0.6) is 0 Å². The van der Waals surface area contributed by atoms with Crippen molar-refractivity contribution in [1.29, 1.82) is 0 Å². The molecule has 0 aromatic carbocycles. The smallest absolute Gasteiger partial charge is 0.262 e. The van der Waals surface area contributed by atoms with Gasteiger partial charge in [0.15, 0.2) is 5.03 Å². The maximum absolute atomic E-state index is 12.2. The minimum atomic E-state index is -3.70. The summed E-state index contributed by atoms with van der Waals surface area (Å²) in [6.07, 6.45) is 1.80. The molecule has 1 unspecified atom stereocenters. The first-order valence-corrected chi connectivity index (χ1v) is 6.70. The Morgan fingerprint density at radius 1 is 1.59 bits per heavy atom. The molecule has 6 nitrogen and oxygen atoms in total. The molecule has 1 aliphatic rings. The molecule has 1 aliphatic heterocycles. The van der Waals surface area contributed by atoms with E-state index >= 15 is 0 Å². The van der Waals surface area contributed by atoms with Gasteiger partial charge in [0, 0.05) is 19.3 Å². The van der Waals surface area contributed by atoms with Crippen LogP contribution in [0.2, 0.25) is 0 Å². The largest absolute Gasteiger partial charge is 0.396 e. The maximum Gasteiger partial charge on any atom is 0.262 e. The molecule has 1 atom stereocenters. The number of anilines is 1. The Balaban J connectivity index is 2.36. The molecule has 7 heteroatoms. The van der Waals surface area contributed by atoms with Gasteiger partial charge in [0.25, 0.3) is 10.0 Å². The van der Waals surface area contributed by atoms with Crippen molar-refractivity contribution in [3.63, 3.8) is 0 Å². The second-order valence-electron chi connectivity index (χ2n) is 4.48. The van der Waals surface area contributed by atoms with Crippen LogP contribution in [0, 0.1) is 0 Å². The quantitative estimate of drug-likeness (QED) is 0.765. The number of hydrogen-bond donors (Lipinski definition) is 2. The Kier molecular flexibility index (Phi) is 2.84.